The quantitative estimate of drug-likeness (QED) is 0.631. The second-order valence-electron chi connectivity index (χ2n) is 3.78. The van der Waals surface area contributed by atoms with Gasteiger partial charge in [-0.3, -0.25) is 4.79 Å². The molecular weight excluding hydrogens is 188 g/mol. The smallest absolute Gasteiger partial charge is 0.237 e. The molecule has 0 saturated carbocycles. The Hall–Kier alpha value is -0.280. The zero-order chi connectivity index (χ0) is 9.26. The lowest BCUT2D eigenvalue weighted by Crippen LogP contribution is -2.48. The number of alkyl halides is 1. The summed E-state index contributed by atoms with van der Waals surface area (Å²) in [5.41, 5.74) is 0. The van der Waals surface area contributed by atoms with Gasteiger partial charge in [0.15, 0.2) is 0 Å². The van der Waals surface area contributed by atoms with Crippen LogP contribution in [0.3, 0.4) is 0 Å². The SMILES string of the molecule is O=C(CCl)N1CCC2NCCCC21. The van der Waals surface area contributed by atoms with E-state index in [-0.39, 0.29) is 11.8 Å². The maximum Gasteiger partial charge on any atom is 0.237 e. The molecule has 13 heavy (non-hydrogen) atoms. The molecule has 0 aromatic carbocycles. The van der Waals surface area contributed by atoms with Gasteiger partial charge in [0, 0.05) is 18.6 Å². The van der Waals surface area contributed by atoms with Gasteiger partial charge >= 0.3 is 0 Å². The summed E-state index contributed by atoms with van der Waals surface area (Å²) in [6, 6.07) is 0.945. The summed E-state index contributed by atoms with van der Waals surface area (Å²) in [5, 5.41) is 3.45. The van der Waals surface area contributed by atoms with Crippen LogP contribution in [0, 0.1) is 0 Å². The average molecular weight is 203 g/mol. The van der Waals surface area contributed by atoms with E-state index in [9.17, 15) is 4.79 Å². The Bertz CT molecular complexity index is 210. The van der Waals surface area contributed by atoms with E-state index in [1.165, 1.54) is 6.42 Å². The fourth-order valence-corrected chi connectivity index (χ4v) is 2.59. The van der Waals surface area contributed by atoms with Crippen molar-refractivity contribution in [2.45, 2.75) is 31.3 Å². The van der Waals surface area contributed by atoms with Crippen molar-refractivity contribution in [3.63, 3.8) is 0 Å². The maximum absolute atomic E-state index is 11.4. The molecule has 2 aliphatic heterocycles. The number of carbonyl (C=O) groups is 1. The summed E-state index contributed by atoms with van der Waals surface area (Å²) >= 11 is 5.55. The highest BCUT2D eigenvalue weighted by Gasteiger charge is 2.37. The fourth-order valence-electron chi connectivity index (χ4n) is 2.43. The van der Waals surface area contributed by atoms with Crippen molar-refractivity contribution in [1.29, 1.82) is 0 Å². The van der Waals surface area contributed by atoms with Gasteiger partial charge in [-0.05, 0) is 25.8 Å². The zero-order valence-electron chi connectivity index (χ0n) is 7.63. The lowest BCUT2D eigenvalue weighted by atomic mass is 9.99. The Morgan fingerprint density at radius 3 is 3.15 bits per heavy atom. The molecule has 0 radical (unpaired) electrons. The van der Waals surface area contributed by atoms with Gasteiger partial charge in [0.2, 0.25) is 5.91 Å². The third-order valence-electron chi connectivity index (χ3n) is 3.06. The van der Waals surface area contributed by atoms with Crippen LogP contribution < -0.4 is 5.32 Å². The van der Waals surface area contributed by atoms with Gasteiger partial charge in [0.05, 0.1) is 0 Å². The third kappa shape index (κ3) is 1.67. The molecule has 2 fully saturated rings. The van der Waals surface area contributed by atoms with Crippen molar-refractivity contribution in [3.05, 3.63) is 0 Å². The number of amides is 1. The van der Waals surface area contributed by atoms with Crippen molar-refractivity contribution in [3.8, 4) is 0 Å². The highest BCUT2D eigenvalue weighted by molar-refractivity contribution is 6.27. The van der Waals surface area contributed by atoms with E-state index in [1.807, 2.05) is 4.90 Å². The number of carbonyl (C=O) groups excluding carboxylic acids is 1. The van der Waals surface area contributed by atoms with Crippen molar-refractivity contribution in [2.75, 3.05) is 19.0 Å². The van der Waals surface area contributed by atoms with Crippen LogP contribution in [0.25, 0.3) is 0 Å². The van der Waals surface area contributed by atoms with Gasteiger partial charge in [-0.15, -0.1) is 11.6 Å². The zero-order valence-corrected chi connectivity index (χ0v) is 8.39. The minimum Gasteiger partial charge on any atom is -0.337 e. The predicted octanol–water partition coefficient (Wildman–Crippen LogP) is 0.578. The molecule has 2 aliphatic rings. The maximum atomic E-state index is 11.4. The van der Waals surface area contributed by atoms with E-state index in [0.717, 1.165) is 25.9 Å². The number of hydrogen-bond acceptors (Lipinski definition) is 2. The van der Waals surface area contributed by atoms with Crippen LogP contribution in [0.2, 0.25) is 0 Å². The standard InChI is InChI=1S/C9H15ClN2O/c10-6-9(13)12-5-3-7-8(12)2-1-4-11-7/h7-8,11H,1-6H2. The number of nitrogens with one attached hydrogen (secondary N) is 1. The molecule has 0 bridgehead atoms. The molecule has 0 aliphatic carbocycles. The number of nitrogens with zero attached hydrogens (tertiary/aromatic N) is 1. The Labute approximate surface area is 83.4 Å². The van der Waals surface area contributed by atoms with E-state index < -0.39 is 0 Å². The molecule has 2 atom stereocenters. The average Bonchev–Trinajstić information content (AvgIpc) is 2.60. The monoisotopic (exact) mass is 202 g/mol. The Morgan fingerprint density at radius 2 is 2.38 bits per heavy atom. The Balaban J connectivity index is 2.02. The normalized spacial score (nSPS) is 33.2. The largest absolute Gasteiger partial charge is 0.337 e. The van der Waals surface area contributed by atoms with Crippen molar-refractivity contribution in [2.24, 2.45) is 0 Å². The first-order valence-corrected chi connectivity index (χ1v) is 5.45. The van der Waals surface area contributed by atoms with Crippen LogP contribution in [0.5, 0.6) is 0 Å². The molecule has 0 spiro atoms. The summed E-state index contributed by atoms with van der Waals surface area (Å²) in [7, 11) is 0. The fraction of sp³-hybridized carbons (Fsp3) is 0.889. The minimum atomic E-state index is 0.0952. The van der Waals surface area contributed by atoms with Gasteiger partial charge in [-0.25, -0.2) is 0 Å². The first-order valence-electron chi connectivity index (χ1n) is 4.92. The summed E-state index contributed by atoms with van der Waals surface area (Å²) in [5.74, 6) is 0.223. The lowest BCUT2D eigenvalue weighted by Gasteiger charge is -2.32. The van der Waals surface area contributed by atoms with E-state index in [2.05, 4.69) is 5.32 Å². The van der Waals surface area contributed by atoms with Crippen LogP contribution in [0.1, 0.15) is 19.3 Å². The molecule has 1 amide bonds. The number of rotatable bonds is 1. The first-order chi connectivity index (χ1) is 6.33. The van der Waals surface area contributed by atoms with Crippen LogP contribution in [0.15, 0.2) is 0 Å². The molecular formula is C9H15ClN2O. The predicted molar refractivity (Wildman–Crippen MR) is 51.9 cm³/mol. The molecule has 74 valence electrons. The van der Waals surface area contributed by atoms with E-state index >= 15 is 0 Å². The molecule has 4 heteroatoms. The topological polar surface area (TPSA) is 32.3 Å². The molecule has 0 aromatic rings. The summed E-state index contributed by atoms with van der Waals surface area (Å²) in [6.45, 7) is 1.98. The van der Waals surface area contributed by atoms with Crippen LogP contribution in [0.4, 0.5) is 0 Å². The summed E-state index contributed by atoms with van der Waals surface area (Å²) in [6.07, 6.45) is 3.40. The van der Waals surface area contributed by atoms with E-state index in [1.54, 1.807) is 0 Å². The minimum absolute atomic E-state index is 0.0952. The number of likely N-dealkylation sites (tertiary alicyclic amines) is 1. The summed E-state index contributed by atoms with van der Waals surface area (Å²) < 4.78 is 0. The van der Waals surface area contributed by atoms with Gasteiger partial charge in [0.1, 0.15) is 5.88 Å². The van der Waals surface area contributed by atoms with Crippen LogP contribution in [-0.4, -0.2) is 41.9 Å². The van der Waals surface area contributed by atoms with Crippen molar-refractivity contribution < 1.29 is 4.79 Å². The van der Waals surface area contributed by atoms with Gasteiger partial charge in [0.25, 0.3) is 0 Å². The molecule has 2 rings (SSSR count). The second kappa shape index (κ2) is 3.84. The van der Waals surface area contributed by atoms with Gasteiger partial charge in [-0.1, -0.05) is 0 Å². The van der Waals surface area contributed by atoms with E-state index in [0.29, 0.717) is 12.1 Å². The van der Waals surface area contributed by atoms with E-state index in [4.69, 9.17) is 11.6 Å². The van der Waals surface area contributed by atoms with Crippen LogP contribution >= 0.6 is 11.6 Å². The van der Waals surface area contributed by atoms with Crippen molar-refractivity contribution >= 4 is 17.5 Å². The molecule has 2 unspecified atom stereocenters. The molecule has 1 N–H and O–H groups in total. The molecule has 2 saturated heterocycles. The van der Waals surface area contributed by atoms with Gasteiger partial charge in [-0.2, -0.15) is 0 Å². The number of piperidine rings is 1. The lowest BCUT2D eigenvalue weighted by molar-refractivity contribution is -0.129. The number of hydrogen-bond donors (Lipinski definition) is 1. The molecule has 2 heterocycles. The molecule has 0 aromatic heterocycles. The Morgan fingerprint density at radius 1 is 1.54 bits per heavy atom. The second-order valence-corrected chi connectivity index (χ2v) is 4.05. The highest BCUT2D eigenvalue weighted by Crippen LogP contribution is 2.25. The summed E-state index contributed by atoms with van der Waals surface area (Å²) in [4.78, 5) is 13.4. The van der Waals surface area contributed by atoms with Crippen molar-refractivity contribution in [1.82, 2.24) is 10.2 Å². The first kappa shape index (κ1) is 9.28. The van der Waals surface area contributed by atoms with Gasteiger partial charge < -0.3 is 10.2 Å². The highest BCUT2D eigenvalue weighted by atomic mass is 35.5. The Kier molecular flexibility index (Phi) is 2.74. The van der Waals surface area contributed by atoms with Crippen LogP contribution in [-0.2, 0) is 4.79 Å². The third-order valence-corrected chi connectivity index (χ3v) is 3.29. The number of halogens is 1. The number of fused-ring (bicyclic) bond motifs is 1. The molecule has 3 nitrogen and oxygen atoms in total.